The van der Waals surface area contributed by atoms with E-state index in [0.717, 1.165) is 26.8 Å². The Morgan fingerprint density at radius 1 is 1.29 bits per heavy atom. The number of rotatable bonds is 5. The van der Waals surface area contributed by atoms with Crippen molar-refractivity contribution in [1.82, 2.24) is 9.97 Å². The van der Waals surface area contributed by atoms with Crippen molar-refractivity contribution in [3.63, 3.8) is 0 Å². The maximum absolute atomic E-state index is 9.07. The molecule has 0 saturated heterocycles. The zero-order valence-corrected chi connectivity index (χ0v) is 15.3. The maximum Gasteiger partial charge on any atom is 0.156 e. The Hall–Kier alpha value is -1.89. The summed E-state index contributed by atoms with van der Waals surface area (Å²) in [6.07, 6.45) is 3.50. The van der Waals surface area contributed by atoms with E-state index in [1.54, 1.807) is 12.4 Å². The number of hydrogen-bond acceptors (Lipinski definition) is 5. The van der Waals surface area contributed by atoms with Crippen molar-refractivity contribution >= 4 is 55.6 Å². The molecule has 0 spiro atoms. The van der Waals surface area contributed by atoms with Gasteiger partial charge in [0.1, 0.15) is 5.52 Å². The van der Waals surface area contributed by atoms with Gasteiger partial charge in [0.15, 0.2) is 5.82 Å². The first-order chi connectivity index (χ1) is 11.6. The monoisotopic (exact) mass is 406 g/mol. The topological polar surface area (TPSA) is 61.3 Å². The van der Waals surface area contributed by atoms with E-state index in [0.29, 0.717) is 17.4 Å². The molecule has 0 radical (unpaired) electrons. The van der Waals surface area contributed by atoms with Crippen LogP contribution in [0.25, 0.3) is 10.9 Å². The number of benzene rings is 1. The number of pyridine rings is 2. The third-order valence-electron chi connectivity index (χ3n) is 3.67. The first-order valence-corrected chi connectivity index (χ1v) is 8.55. The second-order valence-corrected chi connectivity index (χ2v) is 6.53. The lowest BCUT2D eigenvalue weighted by Gasteiger charge is -2.18. The van der Waals surface area contributed by atoms with Gasteiger partial charge in [-0.15, -0.1) is 0 Å². The van der Waals surface area contributed by atoms with Crippen molar-refractivity contribution in [3.05, 3.63) is 52.2 Å². The van der Waals surface area contributed by atoms with Crippen molar-refractivity contribution in [2.75, 3.05) is 30.4 Å². The molecular weight excluding hydrogens is 392 g/mol. The zero-order chi connectivity index (χ0) is 17.1. The Balaban J connectivity index is 1.99. The minimum absolute atomic E-state index is 0.0963. The van der Waals surface area contributed by atoms with Gasteiger partial charge in [0, 0.05) is 29.6 Å². The van der Waals surface area contributed by atoms with Gasteiger partial charge in [-0.2, -0.15) is 0 Å². The molecule has 7 heteroatoms. The van der Waals surface area contributed by atoms with Gasteiger partial charge in [-0.1, -0.05) is 17.7 Å². The fraction of sp³-hybridized carbons (Fsp3) is 0.176. The Labute approximate surface area is 153 Å². The molecule has 124 valence electrons. The van der Waals surface area contributed by atoms with Crippen LogP contribution in [-0.4, -0.2) is 35.3 Å². The van der Waals surface area contributed by atoms with Gasteiger partial charge in [0.25, 0.3) is 0 Å². The fourth-order valence-electron chi connectivity index (χ4n) is 2.36. The van der Waals surface area contributed by atoms with Crippen molar-refractivity contribution in [3.8, 4) is 0 Å². The summed E-state index contributed by atoms with van der Waals surface area (Å²) in [5.74, 6) is 0.642. The summed E-state index contributed by atoms with van der Waals surface area (Å²) in [6, 6.07) is 9.60. The highest BCUT2D eigenvalue weighted by Crippen LogP contribution is 2.33. The highest BCUT2D eigenvalue weighted by Gasteiger charge is 2.10. The third kappa shape index (κ3) is 3.45. The van der Waals surface area contributed by atoms with E-state index in [1.165, 1.54) is 0 Å². The van der Waals surface area contributed by atoms with Crippen LogP contribution < -0.4 is 10.2 Å². The summed E-state index contributed by atoms with van der Waals surface area (Å²) in [7, 11) is 1.92. The van der Waals surface area contributed by atoms with E-state index in [9.17, 15) is 0 Å². The molecular formula is C17H16BrClN4O. The zero-order valence-electron chi connectivity index (χ0n) is 13.0. The minimum atomic E-state index is 0.0963. The van der Waals surface area contributed by atoms with E-state index in [4.69, 9.17) is 16.7 Å². The van der Waals surface area contributed by atoms with Crippen LogP contribution >= 0.6 is 27.5 Å². The molecule has 3 aromatic rings. The van der Waals surface area contributed by atoms with Crippen LogP contribution in [0.3, 0.4) is 0 Å². The number of fused-ring (bicyclic) bond motifs is 1. The van der Waals surface area contributed by atoms with Crippen LogP contribution in [0.15, 0.2) is 47.2 Å². The number of nitrogens with zero attached hydrogens (tertiary/aromatic N) is 3. The standard InChI is InChI=1S/C17H16BrClN4O/c1-23(7-8-24)12-9-11-5-6-20-17(16(11)21-10-12)22-14-4-2-3-13(18)15(14)19/h2-6,9-10,24H,7-8H2,1H3,(H,20,22). The highest BCUT2D eigenvalue weighted by molar-refractivity contribution is 9.10. The van der Waals surface area contributed by atoms with Crippen LogP contribution in [0.2, 0.25) is 5.02 Å². The van der Waals surface area contributed by atoms with Gasteiger partial charge in [-0.25, -0.2) is 4.98 Å². The summed E-state index contributed by atoms with van der Waals surface area (Å²) < 4.78 is 0.815. The number of aliphatic hydroxyl groups is 1. The number of likely N-dealkylation sites (N-methyl/N-ethyl adjacent to an activating group) is 1. The Bertz CT molecular complexity index is 874. The molecule has 2 aromatic heterocycles. The molecule has 0 atom stereocenters. The summed E-state index contributed by atoms with van der Waals surface area (Å²) in [5.41, 5.74) is 2.46. The number of halogens is 2. The van der Waals surface area contributed by atoms with Crippen LogP contribution in [0.1, 0.15) is 0 Å². The fourth-order valence-corrected chi connectivity index (χ4v) is 2.89. The number of anilines is 3. The molecule has 2 heterocycles. The van der Waals surface area contributed by atoms with E-state index in [-0.39, 0.29) is 6.61 Å². The predicted molar refractivity (Wildman–Crippen MR) is 102 cm³/mol. The molecule has 0 aliphatic heterocycles. The van der Waals surface area contributed by atoms with Crippen molar-refractivity contribution in [2.45, 2.75) is 0 Å². The average molecular weight is 408 g/mol. The van der Waals surface area contributed by atoms with Crippen LogP contribution in [-0.2, 0) is 0 Å². The molecule has 0 fully saturated rings. The van der Waals surface area contributed by atoms with Gasteiger partial charge < -0.3 is 15.3 Å². The predicted octanol–water partition coefficient (Wildman–Crippen LogP) is 4.22. The van der Waals surface area contributed by atoms with Crippen molar-refractivity contribution < 1.29 is 5.11 Å². The second-order valence-electron chi connectivity index (χ2n) is 5.30. The molecule has 0 bridgehead atoms. The number of nitrogens with one attached hydrogen (secondary N) is 1. The largest absolute Gasteiger partial charge is 0.395 e. The van der Waals surface area contributed by atoms with E-state index >= 15 is 0 Å². The molecule has 0 saturated carbocycles. The Morgan fingerprint density at radius 3 is 2.92 bits per heavy atom. The summed E-state index contributed by atoms with van der Waals surface area (Å²) in [6.45, 7) is 0.649. The smallest absolute Gasteiger partial charge is 0.156 e. The molecule has 0 amide bonds. The molecule has 0 unspecified atom stereocenters. The minimum Gasteiger partial charge on any atom is -0.395 e. The molecule has 5 nitrogen and oxygen atoms in total. The van der Waals surface area contributed by atoms with Crippen molar-refractivity contribution in [2.24, 2.45) is 0 Å². The molecule has 0 aliphatic carbocycles. The lowest BCUT2D eigenvalue weighted by molar-refractivity contribution is 0.304. The van der Waals surface area contributed by atoms with E-state index in [2.05, 4.69) is 31.2 Å². The molecule has 2 N–H and O–H groups in total. The molecule has 1 aromatic carbocycles. The quantitative estimate of drug-likeness (QED) is 0.663. The Morgan fingerprint density at radius 2 is 2.12 bits per heavy atom. The molecule has 24 heavy (non-hydrogen) atoms. The normalized spacial score (nSPS) is 10.8. The van der Waals surface area contributed by atoms with Gasteiger partial charge in [-0.05, 0) is 40.2 Å². The number of aromatic nitrogens is 2. The first-order valence-electron chi connectivity index (χ1n) is 7.38. The van der Waals surface area contributed by atoms with E-state index < -0.39 is 0 Å². The third-order valence-corrected chi connectivity index (χ3v) is 4.96. The van der Waals surface area contributed by atoms with E-state index in [1.807, 2.05) is 42.3 Å². The summed E-state index contributed by atoms with van der Waals surface area (Å²) in [4.78, 5) is 10.9. The number of aliphatic hydroxyl groups excluding tert-OH is 1. The van der Waals surface area contributed by atoms with Gasteiger partial charge in [-0.3, -0.25) is 4.98 Å². The SMILES string of the molecule is CN(CCO)c1cnc2c(Nc3cccc(Br)c3Cl)nccc2c1. The average Bonchev–Trinajstić information content (AvgIpc) is 2.59. The van der Waals surface area contributed by atoms with Crippen LogP contribution in [0, 0.1) is 0 Å². The van der Waals surface area contributed by atoms with Crippen LogP contribution in [0.5, 0.6) is 0 Å². The molecule has 0 aliphatic rings. The van der Waals surface area contributed by atoms with Gasteiger partial charge in [0.05, 0.1) is 29.2 Å². The highest BCUT2D eigenvalue weighted by atomic mass is 79.9. The maximum atomic E-state index is 9.07. The first kappa shape index (κ1) is 17.0. The lowest BCUT2D eigenvalue weighted by atomic mass is 10.2. The second kappa shape index (κ2) is 7.34. The lowest BCUT2D eigenvalue weighted by Crippen LogP contribution is -2.21. The van der Waals surface area contributed by atoms with Gasteiger partial charge in [0.2, 0.25) is 0 Å². The van der Waals surface area contributed by atoms with Gasteiger partial charge >= 0.3 is 0 Å². The Kier molecular flexibility index (Phi) is 5.18. The summed E-state index contributed by atoms with van der Waals surface area (Å²) in [5, 5.41) is 13.9. The summed E-state index contributed by atoms with van der Waals surface area (Å²) >= 11 is 9.72. The van der Waals surface area contributed by atoms with Crippen molar-refractivity contribution in [1.29, 1.82) is 0 Å². The number of hydrogen-bond donors (Lipinski definition) is 2. The van der Waals surface area contributed by atoms with Crippen LogP contribution in [0.4, 0.5) is 17.2 Å². The molecule has 3 rings (SSSR count).